The quantitative estimate of drug-likeness (QED) is 0.579. The molecular formula is C20H17BrN2OS. The fourth-order valence-electron chi connectivity index (χ4n) is 2.66. The molecule has 0 atom stereocenters. The van der Waals surface area contributed by atoms with Crippen LogP contribution in [0.4, 0.5) is 0 Å². The third kappa shape index (κ3) is 3.92. The summed E-state index contributed by atoms with van der Waals surface area (Å²) in [6.45, 7) is 2.17. The van der Waals surface area contributed by atoms with Gasteiger partial charge >= 0.3 is 0 Å². The highest BCUT2D eigenvalue weighted by molar-refractivity contribution is 9.10. The average Bonchev–Trinajstić information content (AvgIpc) is 3.08. The number of nitrogens with one attached hydrogen (secondary N) is 1. The summed E-state index contributed by atoms with van der Waals surface area (Å²) in [5.41, 5.74) is 2.16. The largest absolute Gasteiger partial charge is 0.321 e. The zero-order valence-electron chi connectivity index (χ0n) is 13.8. The number of aromatic amines is 1. The van der Waals surface area contributed by atoms with Gasteiger partial charge in [-0.3, -0.25) is 4.79 Å². The van der Waals surface area contributed by atoms with Gasteiger partial charge in [-0.05, 0) is 48.7 Å². The van der Waals surface area contributed by atoms with Crippen LogP contribution in [0.5, 0.6) is 0 Å². The van der Waals surface area contributed by atoms with Gasteiger partial charge in [-0.25, -0.2) is 0 Å². The molecule has 0 spiro atoms. The highest BCUT2D eigenvalue weighted by atomic mass is 79.9. The van der Waals surface area contributed by atoms with Crippen molar-refractivity contribution in [3.8, 4) is 27.8 Å². The van der Waals surface area contributed by atoms with Crippen molar-refractivity contribution in [1.82, 2.24) is 4.98 Å². The van der Waals surface area contributed by atoms with Crippen molar-refractivity contribution in [3.05, 3.63) is 67.7 Å². The van der Waals surface area contributed by atoms with Crippen molar-refractivity contribution in [2.24, 2.45) is 0 Å². The molecule has 0 fully saturated rings. The first-order valence-electron chi connectivity index (χ1n) is 8.15. The van der Waals surface area contributed by atoms with Crippen molar-refractivity contribution < 1.29 is 0 Å². The number of unbranched alkanes of at least 4 members (excludes halogenated alkanes) is 1. The molecule has 126 valence electrons. The predicted octanol–water partition coefficient (Wildman–Crippen LogP) is 5.75. The molecule has 1 N–H and O–H groups in total. The number of hydrogen-bond donors (Lipinski definition) is 1. The Kier molecular flexibility index (Phi) is 5.52. The zero-order chi connectivity index (χ0) is 17.8. The lowest BCUT2D eigenvalue weighted by Gasteiger charge is -2.07. The van der Waals surface area contributed by atoms with E-state index in [9.17, 15) is 10.1 Å². The number of pyridine rings is 1. The summed E-state index contributed by atoms with van der Waals surface area (Å²) in [4.78, 5) is 17.5. The van der Waals surface area contributed by atoms with Crippen LogP contribution in [0, 0.1) is 11.3 Å². The van der Waals surface area contributed by atoms with Crippen molar-refractivity contribution >= 4 is 27.3 Å². The zero-order valence-corrected chi connectivity index (χ0v) is 16.2. The Hall–Kier alpha value is -2.16. The molecule has 0 aliphatic carbocycles. The maximum atomic E-state index is 12.4. The van der Waals surface area contributed by atoms with Gasteiger partial charge in [0.05, 0.1) is 0 Å². The second-order valence-electron chi connectivity index (χ2n) is 5.79. The second-order valence-corrected chi connectivity index (χ2v) is 7.87. The molecule has 2 heterocycles. The first-order chi connectivity index (χ1) is 12.1. The molecule has 0 radical (unpaired) electrons. The third-order valence-electron chi connectivity index (χ3n) is 4.00. The van der Waals surface area contributed by atoms with E-state index in [2.05, 4.69) is 40.0 Å². The monoisotopic (exact) mass is 412 g/mol. The van der Waals surface area contributed by atoms with Crippen LogP contribution in [0.1, 0.15) is 30.2 Å². The summed E-state index contributed by atoms with van der Waals surface area (Å²) >= 11 is 5.08. The third-order valence-corrected chi connectivity index (χ3v) is 5.71. The van der Waals surface area contributed by atoms with Crippen LogP contribution in [0.3, 0.4) is 0 Å². The van der Waals surface area contributed by atoms with Crippen molar-refractivity contribution in [3.63, 3.8) is 0 Å². The van der Waals surface area contributed by atoms with E-state index in [0.29, 0.717) is 5.56 Å². The van der Waals surface area contributed by atoms with Gasteiger partial charge in [0.25, 0.3) is 5.56 Å². The van der Waals surface area contributed by atoms with E-state index >= 15 is 0 Å². The number of nitriles is 1. The molecule has 0 unspecified atom stereocenters. The van der Waals surface area contributed by atoms with Gasteiger partial charge in [0.2, 0.25) is 0 Å². The smallest absolute Gasteiger partial charge is 0.267 e. The molecule has 0 aliphatic rings. The topological polar surface area (TPSA) is 56.6 Å². The van der Waals surface area contributed by atoms with Gasteiger partial charge < -0.3 is 4.98 Å². The van der Waals surface area contributed by atoms with Gasteiger partial charge in [-0.15, -0.1) is 11.3 Å². The Labute approximate surface area is 159 Å². The number of rotatable bonds is 5. The normalized spacial score (nSPS) is 10.6. The van der Waals surface area contributed by atoms with E-state index in [1.807, 2.05) is 36.4 Å². The number of aryl methyl sites for hydroxylation is 1. The van der Waals surface area contributed by atoms with Gasteiger partial charge in [-0.2, -0.15) is 5.26 Å². The SMILES string of the molecule is CCCCc1ccc(-c2cc(-c3ccc(Br)cc3)[nH]c(=O)c2C#N)s1. The maximum absolute atomic E-state index is 12.4. The Morgan fingerprint density at radius 1 is 1.20 bits per heavy atom. The Morgan fingerprint density at radius 2 is 1.96 bits per heavy atom. The molecule has 0 amide bonds. The molecular weight excluding hydrogens is 396 g/mol. The molecule has 3 rings (SSSR count). The average molecular weight is 413 g/mol. The molecule has 1 aromatic carbocycles. The number of aromatic nitrogens is 1. The summed E-state index contributed by atoms with van der Waals surface area (Å²) in [7, 11) is 0. The van der Waals surface area contributed by atoms with E-state index < -0.39 is 0 Å². The van der Waals surface area contributed by atoms with E-state index in [1.165, 1.54) is 4.88 Å². The highest BCUT2D eigenvalue weighted by Crippen LogP contribution is 2.32. The lowest BCUT2D eigenvalue weighted by Crippen LogP contribution is -2.12. The molecule has 2 aromatic heterocycles. The first kappa shape index (κ1) is 17.7. The minimum Gasteiger partial charge on any atom is -0.321 e. The van der Waals surface area contributed by atoms with Crippen molar-refractivity contribution in [2.45, 2.75) is 26.2 Å². The summed E-state index contributed by atoms with van der Waals surface area (Å²) in [6, 6.07) is 15.8. The summed E-state index contributed by atoms with van der Waals surface area (Å²) in [6.07, 6.45) is 3.33. The Balaban J connectivity index is 2.08. The minimum absolute atomic E-state index is 0.171. The van der Waals surface area contributed by atoms with Gasteiger partial charge in [0, 0.05) is 25.5 Å². The lowest BCUT2D eigenvalue weighted by molar-refractivity contribution is 0.804. The molecule has 0 bridgehead atoms. The number of benzene rings is 1. The highest BCUT2D eigenvalue weighted by Gasteiger charge is 2.14. The molecule has 0 saturated heterocycles. The second kappa shape index (κ2) is 7.81. The number of H-pyrrole nitrogens is 1. The molecule has 5 heteroatoms. The number of halogens is 1. The summed E-state index contributed by atoms with van der Waals surface area (Å²) in [5, 5.41) is 9.44. The van der Waals surface area contributed by atoms with Crippen LogP contribution in [-0.2, 0) is 6.42 Å². The number of hydrogen-bond acceptors (Lipinski definition) is 3. The van der Waals surface area contributed by atoms with Crippen LogP contribution in [0.2, 0.25) is 0 Å². The summed E-state index contributed by atoms with van der Waals surface area (Å²) < 4.78 is 0.978. The van der Waals surface area contributed by atoms with Crippen LogP contribution in [0.25, 0.3) is 21.7 Å². The lowest BCUT2D eigenvalue weighted by atomic mass is 10.0. The van der Waals surface area contributed by atoms with Crippen LogP contribution >= 0.6 is 27.3 Å². The van der Waals surface area contributed by atoms with E-state index in [4.69, 9.17) is 0 Å². The van der Waals surface area contributed by atoms with Gasteiger partial charge in [0.1, 0.15) is 11.6 Å². The minimum atomic E-state index is -0.346. The van der Waals surface area contributed by atoms with E-state index in [0.717, 1.165) is 39.9 Å². The van der Waals surface area contributed by atoms with Crippen LogP contribution < -0.4 is 5.56 Å². The molecule has 3 nitrogen and oxygen atoms in total. The standard InChI is InChI=1S/C20H17BrN2OS/c1-2-3-4-15-9-10-19(25-15)16-11-18(23-20(24)17(16)12-22)13-5-7-14(21)8-6-13/h5-11H,2-4H2,1H3,(H,23,24). The fourth-order valence-corrected chi connectivity index (χ4v) is 3.99. The first-order valence-corrected chi connectivity index (χ1v) is 9.75. The van der Waals surface area contributed by atoms with Gasteiger partial charge in [-0.1, -0.05) is 41.4 Å². The molecule has 0 aliphatic heterocycles. The van der Waals surface area contributed by atoms with Crippen LogP contribution in [-0.4, -0.2) is 4.98 Å². The Bertz CT molecular complexity index is 980. The molecule has 3 aromatic rings. The molecule has 25 heavy (non-hydrogen) atoms. The van der Waals surface area contributed by atoms with Crippen LogP contribution in [0.15, 0.2) is 51.7 Å². The summed E-state index contributed by atoms with van der Waals surface area (Å²) in [5.74, 6) is 0. The fraction of sp³-hybridized carbons (Fsp3) is 0.200. The number of thiophene rings is 1. The molecule has 0 saturated carbocycles. The van der Waals surface area contributed by atoms with Crippen molar-refractivity contribution in [2.75, 3.05) is 0 Å². The van der Waals surface area contributed by atoms with E-state index in [-0.39, 0.29) is 11.1 Å². The van der Waals surface area contributed by atoms with E-state index in [1.54, 1.807) is 11.3 Å². The van der Waals surface area contributed by atoms with Gasteiger partial charge in [0.15, 0.2) is 0 Å². The maximum Gasteiger partial charge on any atom is 0.267 e. The Morgan fingerprint density at radius 3 is 2.64 bits per heavy atom. The van der Waals surface area contributed by atoms with Crippen molar-refractivity contribution in [1.29, 1.82) is 5.26 Å². The predicted molar refractivity (Wildman–Crippen MR) is 107 cm³/mol. The number of nitrogens with zero attached hydrogens (tertiary/aromatic N) is 1.